The molecule has 3 N–H and O–H groups in total. The maximum absolute atomic E-state index is 12.5. The second kappa shape index (κ2) is 8.34. The molecule has 0 spiro atoms. The summed E-state index contributed by atoms with van der Waals surface area (Å²) in [5.74, 6) is 0.0871. The van der Waals surface area contributed by atoms with Crippen molar-refractivity contribution in [1.29, 1.82) is 5.26 Å². The summed E-state index contributed by atoms with van der Waals surface area (Å²) in [6.07, 6.45) is 5.05. The quantitative estimate of drug-likeness (QED) is 0.696. The predicted molar refractivity (Wildman–Crippen MR) is 93.4 cm³/mol. The zero-order valence-electron chi connectivity index (χ0n) is 14.6. The summed E-state index contributed by atoms with van der Waals surface area (Å²) in [6, 6.07) is 2.29. The molecule has 0 aromatic carbocycles. The summed E-state index contributed by atoms with van der Waals surface area (Å²) >= 11 is 1.28. The highest BCUT2D eigenvalue weighted by molar-refractivity contribution is 8.00. The van der Waals surface area contributed by atoms with Crippen LogP contribution >= 0.6 is 11.8 Å². The van der Waals surface area contributed by atoms with E-state index in [1.54, 1.807) is 18.5 Å². The number of carbonyl (C=O) groups excluding carboxylic acids is 2. The molecule has 1 aliphatic carbocycles. The Hall–Kier alpha value is -2.08. The van der Waals surface area contributed by atoms with E-state index in [9.17, 15) is 14.9 Å². The SMILES string of the molecule is C[C@H](Sc1nnc(CCC(N)=O)n1C)C(=O)NC1(C#N)CCCCC1. The smallest absolute Gasteiger partial charge is 0.234 e. The average molecular weight is 364 g/mol. The van der Waals surface area contributed by atoms with Gasteiger partial charge >= 0.3 is 0 Å². The maximum atomic E-state index is 12.5. The zero-order chi connectivity index (χ0) is 18.4. The van der Waals surface area contributed by atoms with Crippen LogP contribution in [-0.2, 0) is 23.1 Å². The van der Waals surface area contributed by atoms with Crippen molar-refractivity contribution in [2.45, 2.75) is 67.8 Å². The highest BCUT2D eigenvalue weighted by Crippen LogP contribution is 2.29. The lowest BCUT2D eigenvalue weighted by Gasteiger charge is -2.32. The monoisotopic (exact) mass is 364 g/mol. The molecule has 2 amide bonds. The van der Waals surface area contributed by atoms with Crippen LogP contribution in [0.3, 0.4) is 0 Å². The first-order chi connectivity index (χ1) is 11.9. The van der Waals surface area contributed by atoms with Gasteiger partial charge in [0.25, 0.3) is 0 Å². The molecule has 25 heavy (non-hydrogen) atoms. The number of rotatable bonds is 7. The third kappa shape index (κ3) is 4.95. The molecule has 0 aliphatic heterocycles. The van der Waals surface area contributed by atoms with E-state index in [0.29, 0.717) is 30.2 Å². The molecule has 136 valence electrons. The van der Waals surface area contributed by atoms with Gasteiger partial charge in [0.05, 0.1) is 11.3 Å². The van der Waals surface area contributed by atoms with E-state index in [1.807, 2.05) is 0 Å². The normalized spacial score (nSPS) is 17.5. The van der Waals surface area contributed by atoms with Gasteiger partial charge in [-0.25, -0.2) is 0 Å². The largest absolute Gasteiger partial charge is 0.370 e. The van der Waals surface area contributed by atoms with Crippen molar-refractivity contribution in [3.8, 4) is 6.07 Å². The van der Waals surface area contributed by atoms with Gasteiger partial charge < -0.3 is 15.6 Å². The Morgan fingerprint density at radius 1 is 1.40 bits per heavy atom. The minimum absolute atomic E-state index is 0.171. The van der Waals surface area contributed by atoms with Crippen molar-refractivity contribution < 1.29 is 9.59 Å². The van der Waals surface area contributed by atoms with E-state index in [4.69, 9.17) is 5.73 Å². The van der Waals surface area contributed by atoms with Crippen molar-refractivity contribution in [1.82, 2.24) is 20.1 Å². The topological polar surface area (TPSA) is 127 Å². The van der Waals surface area contributed by atoms with Crippen LogP contribution in [0.15, 0.2) is 5.16 Å². The van der Waals surface area contributed by atoms with E-state index in [2.05, 4.69) is 21.6 Å². The Morgan fingerprint density at radius 3 is 2.68 bits per heavy atom. The van der Waals surface area contributed by atoms with Crippen molar-refractivity contribution >= 4 is 23.6 Å². The van der Waals surface area contributed by atoms with E-state index in [-0.39, 0.29) is 18.2 Å². The van der Waals surface area contributed by atoms with Crippen molar-refractivity contribution in [2.75, 3.05) is 0 Å². The van der Waals surface area contributed by atoms with Gasteiger partial charge in [-0.15, -0.1) is 10.2 Å². The lowest BCUT2D eigenvalue weighted by atomic mass is 9.83. The molecular formula is C16H24N6O2S. The first-order valence-electron chi connectivity index (χ1n) is 8.43. The van der Waals surface area contributed by atoms with Crippen LogP contribution in [0.25, 0.3) is 0 Å². The van der Waals surface area contributed by atoms with Crippen LogP contribution in [0.2, 0.25) is 0 Å². The van der Waals surface area contributed by atoms with Gasteiger partial charge in [0.15, 0.2) is 5.16 Å². The van der Waals surface area contributed by atoms with Gasteiger partial charge in [0.2, 0.25) is 11.8 Å². The number of nitriles is 1. The number of aromatic nitrogens is 3. The lowest BCUT2D eigenvalue weighted by molar-refractivity contribution is -0.122. The molecule has 1 atom stereocenters. The zero-order valence-corrected chi connectivity index (χ0v) is 15.4. The first-order valence-corrected chi connectivity index (χ1v) is 9.31. The average Bonchev–Trinajstić information content (AvgIpc) is 2.93. The van der Waals surface area contributed by atoms with Gasteiger partial charge in [0.1, 0.15) is 11.4 Å². The molecular weight excluding hydrogens is 340 g/mol. The van der Waals surface area contributed by atoms with E-state index < -0.39 is 10.8 Å². The van der Waals surface area contributed by atoms with Gasteiger partial charge in [-0.3, -0.25) is 9.59 Å². The second-order valence-electron chi connectivity index (χ2n) is 6.43. The number of nitrogens with one attached hydrogen (secondary N) is 1. The molecule has 1 saturated carbocycles. The number of aryl methyl sites for hydroxylation is 1. The van der Waals surface area contributed by atoms with Gasteiger partial charge in [-0.1, -0.05) is 31.0 Å². The molecule has 9 heteroatoms. The number of hydrogen-bond donors (Lipinski definition) is 2. The molecule has 0 radical (unpaired) electrons. The van der Waals surface area contributed by atoms with Crippen LogP contribution in [0.1, 0.15) is 51.3 Å². The Morgan fingerprint density at radius 2 is 2.08 bits per heavy atom. The van der Waals surface area contributed by atoms with E-state index in [0.717, 1.165) is 19.3 Å². The maximum Gasteiger partial charge on any atom is 0.234 e. The number of thioether (sulfide) groups is 1. The molecule has 1 aliphatic rings. The summed E-state index contributed by atoms with van der Waals surface area (Å²) < 4.78 is 1.76. The number of primary amides is 1. The molecule has 0 unspecified atom stereocenters. The minimum Gasteiger partial charge on any atom is -0.370 e. The Bertz CT molecular complexity index is 675. The fourth-order valence-corrected chi connectivity index (χ4v) is 3.70. The summed E-state index contributed by atoms with van der Waals surface area (Å²) in [7, 11) is 1.79. The molecule has 1 aromatic rings. The Kier molecular flexibility index (Phi) is 6.42. The highest BCUT2D eigenvalue weighted by atomic mass is 32.2. The first kappa shape index (κ1) is 19.2. The van der Waals surface area contributed by atoms with Crippen molar-refractivity contribution in [2.24, 2.45) is 12.8 Å². The van der Waals surface area contributed by atoms with E-state index in [1.165, 1.54) is 11.8 Å². The number of nitrogens with zero attached hydrogens (tertiary/aromatic N) is 4. The minimum atomic E-state index is -0.739. The van der Waals surface area contributed by atoms with Crippen LogP contribution < -0.4 is 11.1 Å². The van der Waals surface area contributed by atoms with E-state index >= 15 is 0 Å². The number of carbonyl (C=O) groups is 2. The standard InChI is InChI=1S/C16H24N6O2S/c1-11(14(24)19-16(10-17)8-4-3-5-9-16)25-15-21-20-13(22(15)2)7-6-12(18)23/h11H,3-9H2,1-2H3,(H2,18,23)(H,19,24)/t11-/m0/s1. The summed E-state index contributed by atoms with van der Waals surface area (Å²) in [6.45, 7) is 1.78. The summed E-state index contributed by atoms with van der Waals surface area (Å²) in [5.41, 5.74) is 4.41. The molecule has 1 aromatic heterocycles. The number of hydrogen-bond acceptors (Lipinski definition) is 6. The van der Waals surface area contributed by atoms with Crippen molar-refractivity contribution in [3.05, 3.63) is 5.82 Å². The third-order valence-corrected chi connectivity index (χ3v) is 5.59. The number of amides is 2. The second-order valence-corrected chi connectivity index (χ2v) is 7.74. The van der Waals surface area contributed by atoms with Gasteiger partial charge in [0, 0.05) is 19.9 Å². The lowest BCUT2D eigenvalue weighted by Crippen LogP contribution is -2.50. The highest BCUT2D eigenvalue weighted by Gasteiger charge is 2.35. The molecule has 1 fully saturated rings. The van der Waals surface area contributed by atoms with Crippen LogP contribution in [-0.4, -0.2) is 37.4 Å². The molecule has 8 nitrogen and oxygen atoms in total. The van der Waals surface area contributed by atoms with Crippen molar-refractivity contribution in [3.63, 3.8) is 0 Å². The third-order valence-electron chi connectivity index (χ3n) is 4.46. The Labute approximate surface area is 151 Å². The van der Waals surface area contributed by atoms with Crippen LogP contribution in [0.4, 0.5) is 0 Å². The fraction of sp³-hybridized carbons (Fsp3) is 0.688. The molecule has 1 heterocycles. The molecule has 0 bridgehead atoms. The summed E-state index contributed by atoms with van der Waals surface area (Å²) in [4.78, 5) is 23.4. The molecule has 2 rings (SSSR count). The predicted octanol–water partition coefficient (Wildman–Crippen LogP) is 1.06. The number of nitrogens with two attached hydrogens (primary N) is 1. The summed E-state index contributed by atoms with van der Waals surface area (Å²) in [5, 5.41) is 20.7. The van der Waals surface area contributed by atoms with Crippen LogP contribution in [0, 0.1) is 11.3 Å². The van der Waals surface area contributed by atoms with Gasteiger partial charge in [-0.2, -0.15) is 5.26 Å². The fourth-order valence-electron chi connectivity index (χ4n) is 2.87. The Balaban J connectivity index is 1.97. The molecule has 0 saturated heterocycles. The van der Waals surface area contributed by atoms with Gasteiger partial charge in [-0.05, 0) is 19.8 Å². The van der Waals surface area contributed by atoms with Crippen LogP contribution in [0.5, 0.6) is 0 Å².